The van der Waals surface area contributed by atoms with E-state index in [1.54, 1.807) is 0 Å². The van der Waals surface area contributed by atoms with Gasteiger partial charge < -0.3 is 10.5 Å². The van der Waals surface area contributed by atoms with Crippen molar-refractivity contribution < 1.29 is 9.53 Å². The number of carbonyl (C=O) groups is 1. The van der Waals surface area contributed by atoms with Gasteiger partial charge in [-0.1, -0.05) is 13.8 Å². The highest BCUT2D eigenvalue weighted by Crippen LogP contribution is 2.13. The van der Waals surface area contributed by atoms with E-state index < -0.39 is 11.2 Å². The largest absolute Gasteiger partial charge is 0.384 e. The highest BCUT2D eigenvalue weighted by Gasteiger charge is 2.26. The predicted molar refractivity (Wildman–Crippen MR) is 91.4 cm³/mol. The summed E-state index contributed by atoms with van der Waals surface area (Å²) in [5.74, 6) is -0.288. The van der Waals surface area contributed by atoms with Crippen LogP contribution in [0.15, 0.2) is 9.59 Å². The van der Waals surface area contributed by atoms with Crippen LogP contribution in [0.3, 0.4) is 0 Å². The molecule has 2 atom stereocenters. The Morgan fingerprint density at radius 3 is 2.42 bits per heavy atom. The third kappa shape index (κ3) is 4.12. The normalized spacial score (nSPS) is 22.0. The maximum Gasteiger partial charge on any atom is 0.329 e. The quantitative estimate of drug-likeness (QED) is 0.735. The van der Waals surface area contributed by atoms with E-state index in [4.69, 9.17) is 10.5 Å². The van der Waals surface area contributed by atoms with Gasteiger partial charge in [0.1, 0.15) is 11.4 Å². The SMILES string of the molecule is CC(C)Cn1c(N)c(C(=O)CN2C[C@H](C)O[C@@H](C)C2)c(=O)[nH]c1=O. The van der Waals surface area contributed by atoms with Crippen LogP contribution in [0.4, 0.5) is 5.82 Å². The molecular weight excluding hydrogens is 312 g/mol. The molecule has 1 aromatic rings. The van der Waals surface area contributed by atoms with Crippen molar-refractivity contribution in [2.45, 2.75) is 46.4 Å². The van der Waals surface area contributed by atoms with Crippen molar-refractivity contribution in [2.75, 3.05) is 25.4 Å². The number of morpholine rings is 1. The Balaban J connectivity index is 2.29. The van der Waals surface area contributed by atoms with Gasteiger partial charge in [-0.25, -0.2) is 4.79 Å². The molecule has 0 saturated carbocycles. The molecule has 3 N–H and O–H groups in total. The summed E-state index contributed by atoms with van der Waals surface area (Å²) >= 11 is 0. The maximum atomic E-state index is 12.6. The monoisotopic (exact) mass is 338 g/mol. The fourth-order valence-electron chi connectivity index (χ4n) is 3.10. The molecular formula is C16H26N4O4. The number of rotatable bonds is 5. The second-order valence-electron chi connectivity index (χ2n) is 6.90. The van der Waals surface area contributed by atoms with E-state index in [1.807, 2.05) is 32.6 Å². The number of nitrogens with one attached hydrogen (secondary N) is 1. The minimum absolute atomic E-state index is 0.0204. The molecule has 0 spiro atoms. The van der Waals surface area contributed by atoms with E-state index in [0.29, 0.717) is 19.6 Å². The standard InChI is InChI=1S/C16H26N4O4/c1-9(2)5-20-14(17)13(15(22)18-16(20)23)12(21)8-19-6-10(3)24-11(4)7-19/h9-11H,5-8,17H2,1-4H3,(H,18,22,23)/t10-,11-/m0/s1. The molecule has 1 saturated heterocycles. The number of ketones is 1. The third-order valence-corrected chi connectivity index (χ3v) is 3.93. The summed E-state index contributed by atoms with van der Waals surface area (Å²) in [6, 6.07) is 0. The summed E-state index contributed by atoms with van der Waals surface area (Å²) in [5, 5.41) is 0. The second kappa shape index (κ2) is 7.31. The number of nitrogens with two attached hydrogens (primary N) is 1. The Hall–Kier alpha value is -1.93. The number of aromatic amines is 1. The molecule has 0 aliphatic carbocycles. The fourth-order valence-corrected chi connectivity index (χ4v) is 3.10. The van der Waals surface area contributed by atoms with Crippen LogP contribution in [0.1, 0.15) is 38.1 Å². The van der Waals surface area contributed by atoms with Gasteiger partial charge in [0.15, 0.2) is 5.78 Å². The number of H-pyrrole nitrogens is 1. The molecule has 8 nitrogen and oxygen atoms in total. The molecule has 1 aromatic heterocycles. The number of hydrogen-bond acceptors (Lipinski definition) is 6. The fraction of sp³-hybridized carbons (Fsp3) is 0.688. The van der Waals surface area contributed by atoms with Crippen molar-refractivity contribution >= 4 is 11.6 Å². The minimum atomic E-state index is -0.725. The molecule has 24 heavy (non-hydrogen) atoms. The first-order chi connectivity index (χ1) is 11.2. The summed E-state index contributed by atoms with van der Waals surface area (Å²) in [5.41, 5.74) is 4.52. The minimum Gasteiger partial charge on any atom is -0.384 e. The predicted octanol–water partition coefficient (Wildman–Crippen LogP) is 0.0667. The van der Waals surface area contributed by atoms with Crippen LogP contribution in [-0.2, 0) is 11.3 Å². The summed E-state index contributed by atoms with van der Waals surface area (Å²) in [7, 11) is 0. The third-order valence-electron chi connectivity index (χ3n) is 3.93. The number of anilines is 1. The molecule has 0 unspecified atom stereocenters. The van der Waals surface area contributed by atoms with Crippen molar-refractivity contribution in [3.05, 3.63) is 26.4 Å². The first-order valence-electron chi connectivity index (χ1n) is 8.22. The van der Waals surface area contributed by atoms with Crippen LogP contribution >= 0.6 is 0 Å². The molecule has 2 heterocycles. The molecule has 1 aliphatic rings. The second-order valence-corrected chi connectivity index (χ2v) is 6.90. The Morgan fingerprint density at radius 2 is 1.88 bits per heavy atom. The van der Waals surface area contributed by atoms with Crippen molar-refractivity contribution in [3.8, 4) is 0 Å². The van der Waals surface area contributed by atoms with Crippen LogP contribution in [0, 0.1) is 5.92 Å². The highest BCUT2D eigenvalue weighted by molar-refractivity contribution is 6.01. The summed E-state index contributed by atoms with van der Waals surface area (Å²) < 4.78 is 6.89. The average Bonchev–Trinajstić information content (AvgIpc) is 2.41. The van der Waals surface area contributed by atoms with Crippen LogP contribution < -0.4 is 17.0 Å². The van der Waals surface area contributed by atoms with E-state index in [1.165, 1.54) is 4.57 Å². The van der Waals surface area contributed by atoms with Crippen molar-refractivity contribution in [1.29, 1.82) is 0 Å². The number of ether oxygens (including phenoxy) is 1. The lowest BCUT2D eigenvalue weighted by Crippen LogP contribution is -2.48. The molecule has 2 rings (SSSR count). The van der Waals surface area contributed by atoms with Crippen LogP contribution in [0.2, 0.25) is 0 Å². The first-order valence-corrected chi connectivity index (χ1v) is 8.22. The highest BCUT2D eigenvalue weighted by atomic mass is 16.5. The lowest BCUT2D eigenvalue weighted by molar-refractivity contribution is -0.0652. The number of hydrogen-bond donors (Lipinski definition) is 2. The number of carbonyl (C=O) groups excluding carboxylic acids is 1. The Kier molecular flexibility index (Phi) is 5.61. The summed E-state index contributed by atoms with van der Waals surface area (Å²) in [6.07, 6.45) is 0.0409. The maximum absolute atomic E-state index is 12.6. The Labute approximate surface area is 140 Å². The van der Waals surface area contributed by atoms with E-state index in [0.717, 1.165) is 0 Å². The van der Waals surface area contributed by atoms with E-state index in [2.05, 4.69) is 4.98 Å². The average molecular weight is 338 g/mol. The van der Waals surface area contributed by atoms with E-state index >= 15 is 0 Å². The van der Waals surface area contributed by atoms with Gasteiger partial charge >= 0.3 is 5.69 Å². The first kappa shape index (κ1) is 18.4. The zero-order valence-electron chi connectivity index (χ0n) is 14.7. The molecule has 8 heteroatoms. The van der Waals surface area contributed by atoms with Crippen LogP contribution in [-0.4, -0.2) is 52.1 Å². The topological polar surface area (TPSA) is 110 Å². The summed E-state index contributed by atoms with van der Waals surface area (Å²) in [6.45, 7) is 9.37. The van der Waals surface area contributed by atoms with Gasteiger partial charge in [-0.05, 0) is 19.8 Å². The molecule has 0 bridgehead atoms. The van der Waals surface area contributed by atoms with Gasteiger partial charge in [-0.3, -0.25) is 24.0 Å². The lowest BCUT2D eigenvalue weighted by atomic mass is 10.1. The molecule has 134 valence electrons. The van der Waals surface area contributed by atoms with Crippen molar-refractivity contribution in [3.63, 3.8) is 0 Å². The van der Waals surface area contributed by atoms with Crippen molar-refractivity contribution in [2.24, 2.45) is 5.92 Å². The van der Waals surface area contributed by atoms with Crippen LogP contribution in [0.5, 0.6) is 0 Å². The van der Waals surface area contributed by atoms with Gasteiger partial charge in [0.25, 0.3) is 5.56 Å². The number of aromatic nitrogens is 2. The van der Waals surface area contributed by atoms with Gasteiger partial charge in [-0.15, -0.1) is 0 Å². The van der Waals surface area contributed by atoms with Crippen LogP contribution in [0.25, 0.3) is 0 Å². The lowest BCUT2D eigenvalue weighted by Gasteiger charge is -2.34. The van der Waals surface area contributed by atoms with Gasteiger partial charge in [0.05, 0.1) is 18.8 Å². The van der Waals surface area contributed by atoms with Gasteiger partial charge in [0, 0.05) is 19.6 Å². The Bertz CT molecular complexity index is 712. The zero-order chi connectivity index (χ0) is 18.0. The van der Waals surface area contributed by atoms with Gasteiger partial charge in [0.2, 0.25) is 0 Å². The summed E-state index contributed by atoms with van der Waals surface area (Å²) in [4.78, 5) is 40.8. The smallest absolute Gasteiger partial charge is 0.329 e. The van der Waals surface area contributed by atoms with Crippen molar-refractivity contribution in [1.82, 2.24) is 14.5 Å². The van der Waals surface area contributed by atoms with E-state index in [9.17, 15) is 14.4 Å². The number of nitrogen functional groups attached to an aromatic ring is 1. The number of Topliss-reactive ketones (excluding diaryl/α,β-unsaturated/α-hetero) is 1. The number of nitrogens with zero attached hydrogens (tertiary/aromatic N) is 2. The molecule has 0 amide bonds. The molecule has 0 radical (unpaired) electrons. The molecule has 1 fully saturated rings. The molecule has 1 aliphatic heterocycles. The van der Waals surface area contributed by atoms with E-state index in [-0.39, 0.29) is 41.8 Å². The molecule has 0 aromatic carbocycles. The zero-order valence-corrected chi connectivity index (χ0v) is 14.7. The van der Waals surface area contributed by atoms with Gasteiger partial charge in [-0.2, -0.15) is 0 Å². The Morgan fingerprint density at radius 1 is 1.29 bits per heavy atom.